The van der Waals surface area contributed by atoms with Crippen molar-refractivity contribution in [2.45, 2.75) is 38.4 Å². The van der Waals surface area contributed by atoms with Crippen LogP contribution in [0, 0.1) is 17.2 Å². The molecule has 18 heavy (non-hydrogen) atoms. The smallest absolute Gasteiger partial charge is 0.230 e. The SMILES string of the molecule is CCC(C#N)S(=O)(=O)N(CC)CC1CCNCC1. The van der Waals surface area contributed by atoms with Gasteiger partial charge < -0.3 is 5.32 Å². The second kappa shape index (κ2) is 7.07. The van der Waals surface area contributed by atoms with Crippen molar-refractivity contribution in [3.8, 4) is 6.07 Å². The molecule has 0 bridgehead atoms. The molecule has 1 rings (SSSR count). The molecule has 1 unspecified atom stereocenters. The molecular formula is C12H23N3O2S. The van der Waals surface area contributed by atoms with Crippen molar-refractivity contribution in [1.29, 1.82) is 5.26 Å². The Morgan fingerprint density at radius 2 is 2.00 bits per heavy atom. The van der Waals surface area contributed by atoms with Gasteiger partial charge in [-0.1, -0.05) is 13.8 Å². The zero-order chi connectivity index (χ0) is 13.6. The lowest BCUT2D eigenvalue weighted by molar-refractivity contribution is 0.293. The van der Waals surface area contributed by atoms with Crippen LogP contribution < -0.4 is 5.32 Å². The predicted octanol–water partition coefficient (Wildman–Crippen LogP) is 0.940. The van der Waals surface area contributed by atoms with Crippen molar-refractivity contribution >= 4 is 10.0 Å². The largest absolute Gasteiger partial charge is 0.317 e. The molecule has 1 aliphatic heterocycles. The summed E-state index contributed by atoms with van der Waals surface area (Å²) >= 11 is 0. The van der Waals surface area contributed by atoms with Crippen LogP contribution in [0.15, 0.2) is 0 Å². The number of nitrogens with zero attached hydrogens (tertiary/aromatic N) is 2. The number of piperidine rings is 1. The molecule has 6 heteroatoms. The Morgan fingerprint density at radius 1 is 1.39 bits per heavy atom. The number of nitriles is 1. The summed E-state index contributed by atoms with van der Waals surface area (Å²) in [5, 5.41) is 11.3. The molecule has 0 saturated carbocycles. The second-order valence-electron chi connectivity index (χ2n) is 4.71. The Hall–Kier alpha value is -0.640. The van der Waals surface area contributed by atoms with Crippen molar-refractivity contribution in [2.75, 3.05) is 26.2 Å². The number of nitrogens with one attached hydrogen (secondary N) is 1. The highest BCUT2D eigenvalue weighted by Crippen LogP contribution is 2.18. The summed E-state index contributed by atoms with van der Waals surface area (Å²) in [6.07, 6.45) is 2.37. The minimum atomic E-state index is -3.46. The molecule has 1 saturated heterocycles. The maximum Gasteiger partial charge on any atom is 0.230 e. The van der Waals surface area contributed by atoms with Crippen LogP contribution in [0.2, 0.25) is 0 Å². The third-order valence-electron chi connectivity index (χ3n) is 3.51. The van der Waals surface area contributed by atoms with Crippen LogP contribution >= 0.6 is 0 Å². The molecule has 0 radical (unpaired) electrons. The molecular weight excluding hydrogens is 250 g/mol. The van der Waals surface area contributed by atoms with Gasteiger partial charge in [0.05, 0.1) is 6.07 Å². The van der Waals surface area contributed by atoms with E-state index in [-0.39, 0.29) is 0 Å². The number of rotatable bonds is 6. The molecule has 1 atom stereocenters. The van der Waals surface area contributed by atoms with E-state index in [1.165, 1.54) is 4.31 Å². The van der Waals surface area contributed by atoms with Gasteiger partial charge in [-0.15, -0.1) is 0 Å². The third-order valence-corrected chi connectivity index (χ3v) is 5.79. The molecule has 0 aromatic rings. The highest BCUT2D eigenvalue weighted by molar-refractivity contribution is 7.90. The molecule has 0 amide bonds. The fraction of sp³-hybridized carbons (Fsp3) is 0.917. The van der Waals surface area contributed by atoms with Gasteiger partial charge in [0.25, 0.3) is 0 Å². The average molecular weight is 273 g/mol. The monoisotopic (exact) mass is 273 g/mol. The first kappa shape index (κ1) is 15.4. The zero-order valence-electron chi connectivity index (χ0n) is 11.2. The van der Waals surface area contributed by atoms with Gasteiger partial charge >= 0.3 is 0 Å². The number of hydrogen-bond acceptors (Lipinski definition) is 4. The summed E-state index contributed by atoms with van der Waals surface area (Å²) in [6.45, 7) is 6.49. The van der Waals surface area contributed by atoms with Crippen LogP contribution in [0.4, 0.5) is 0 Å². The summed E-state index contributed by atoms with van der Waals surface area (Å²) in [6, 6.07) is 1.90. The zero-order valence-corrected chi connectivity index (χ0v) is 12.0. The van der Waals surface area contributed by atoms with Gasteiger partial charge in [0.15, 0.2) is 5.25 Å². The fourth-order valence-corrected chi connectivity index (χ4v) is 4.01. The first-order valence-electron chi connectivity index (χ1n) is 6.65. The van der Waals surface area contributed by atoms with E-state index in [2.05, 4.69) is 5.32 Å². The molecule has 0 aliphatic carbocycles. The van der Waals surface area contributed by atoms with Crippen LogP contribution in [-0.4, -0.2) is 44.2 Å². The third kappa shape index (κ3) is 3.67. The number of sulfonamides is 1. The highest BCUT2D eigenvalue weighted by atomic mass is 32.2. The van der Waals surface area contributed by atoms with E-state index >= 15 is 0 Å². The average Bonchev–Trinajstić information content (AvgIpc) is 2.38. The van der Waals surface area contributed by atoms with Gasteiger partial charge in [-0.05, 0) is 38.3 Å². The van der Waals surface area contributed by atoms with E-state index in [1.54, 1.807) is 6.92 Å². The topological polar surface area (TPSA) is 73.2 Å². The van der Waals surface area contributed by atoms with Gasteiger partial charge in [-0.25, -0.2) is 12.7 Å². The van der Waals surface area contributed by atoms with Crippen LogP contribution in [0.3, 0.4) is 0 Å². The molecule has 0 spiro atoms. The molecule has 1 N–H and O–H groups in total. The molecule has 1 heterocycles. The maximum absolute atomic E-state index is 12.3. The lowest BCUT2D eigenvalue weighted by Crippen LogP contribution is -2.42. The van der Waals surface area contributed by atoms with Crippen molar-refractivity contribution in [3.05, 3.63) is 0 Å². The van der Waals surface area contributed by atoms with Crippen molar-refractivity contribution < 1.29 is 8.42 Å². The highest BCUT2D eigenvalue weighted by Gasteiger charge is 2.31. The molecule has 0 aromatic carbocycles. The first-order valence-corrected chi connectivity index (χ1v) is 8.15. The summed E-state index contributed by atoms with van der Waals surface area (Å²) in [4.78, 5) is 0. The minimum absolute atomic E-state index is 0.349. The lowest BCUT2D eigenvalue weighted by Gasteiger charge is -2.29. The van der Waals surface area contributed by atoms with Crippen molar-refractivity contribution in [1.82, 2.24) is 9.62 Å². The summed E-state index contributed by atoms with van der Waals surface area (Å²) in [5.41, 5.74) is 0. The molecule has 1 fully saturated rings. The van der Waals surface area contributed by atoms with Gasteiger partial charge in [-0.3, -0.25) is 0 Å². The van der Waals surface area contributed by atoms with Crippen molar-refractivity contribution in [2.24, 2.45) is 5.92 Å². The Balaban J connectivity index is 2.72. The van der Waals surface area contributed by atoms with E-state index in [0.717, 1.165) is 25.9 Å². The Labute approximate surface area is 110 Å². The normalized spacial score (nSPS) is 19.7. The maximum atomic E-state index is 12.3. The van der Waals surface area contributed by atoms with Crippen LogP contribution in [0.25, 0.3) is 0 Å². The van der Waals surface area contributed by atoms with E-state index in [9.17, 15) is 8.42 Å². The van der Waals surface area contributed by atoms with Crippen LogP contribution in [0.1, 0.15) is 33.1 Å². The summed E-state index contributed by atoms with van der Waals surface area (Å²) in [7, 11) is -3.46. The van der Waals surface area contributed by atoms with Crippen LogP contribution in [0.5, 0.6) is 0 Å². The molecule has 1 aliphatic rings. The van der Waals surface area contributed by atoms with E-state index in [0.29, 0.717) is 25.4 Å². The second-order valence-corrected chi connectivity index (χ2v) is 6.83. The first-order chi connectivity index (χ1) is 8.56. The summed E-state index contributed by atoms with van der Waals surface area (Å²) < 4.78 is 26.1. The Kier molecular flexibility index (Phi) is 6.06. The van der Waals surface area contributed by atoms with Gasteiger partial charge in [0, 0.05) is 13.1 Å². The van der Waals surface area contributed by atoms with Crippen molar-refractivity contribution in [3.63, 3.8) is 0 Å². The van der Waals surface area contributed by atoms with E-state index in [4.69, 9.17) is 5.26 Å². The van der Waals surface area contributed by atoms with E-state index in [1.807, 2.05) is 13.0 Å². The van der Waals surface area contributed by atoms with Gasteiger partial charge in [0.2, 0.25) is 10.0 Å². The predicted molar refractivity (Wildman–Crippen MR) is 71.5 cm³/mol. The standard InChI is InChI=1S/C12H23N3O2S/c1-3-12(9-13)18(16,17)15(4-2)10-11-5-7-14-8-6-11/h11-12,14H,3-8,10H2,1-2H3. The minimum Gasteiger partial charge on any atom is -0.317 e. The number of hydrogen-bond donors (Lipinski definition) is 1. The Bertz CT molecular complexity index is 383. The molecule has 104 valence electrons. The molecule has 0 aromatic heterocycles. The molecule has 5 nitrogen and oxygen atoms in total. The van der Waals surface area contributed by atoms with Gasteiger partial charge in [-0.2, -0.15) is 5.26 Å². The quantitative estimate of drug-likeness (QED) is 0.781. The lowest BCUT2D eigenvalue weighted by atomic mass is 9.98. The van der Waals surface area contributed by atoms with E-state index < -0.39 is 15.3 Å². The van der Waals surface area contributed by atoms with Gasteiger partial charge in [0.1, 0.15) is 0 Å². The Morgan fingerprint density at radius 3 is 2.44 bits per heavy atom. The summed E-state index contributed by atoms with van der Waals surface area (Å²) in [5.74, 6) is 0.414. The van der Waals surface area contributed by atoms with Crippen LogP contribution in [-0.2, 0) is 10.0 Å². The fourth-order valence-electron chi connectivity index (χ4n) is 2.31.